The van der Waals surface area contributed by atoms with Gasteiger partial charge in [0.05, 0.1) is 7.11 Å². The van der Waals surface area contributed by atoms with E-state index in [1.807, 2.05) is 36.5 Å². The lowest BCUT2D eigenvalue weighted by molar-refractivity contribution is 0.397. The van der Waals surface area contributed by atoms with Crippen LogP contribution in [-0.4, -0.2) is 12.1 Å². The van der Waals surface area contributed by atoms with Gasteiger partial charge < -0.3 is 10.1 Å². The molecule has 2 rings (SSSR count). The van der Waals surface area contributed by atoms with Crippen molar-refractivity contribution in [1.29, 1.82) is 0 Å². The molecule has 0 amide bonds. The minimum absolute atomic E-state index is 0.288. The van der Waals surface area contributed by atoms with E-state index in [-0.39, 0.29) is 6.04 Å². The molecule has 0 saturated heterocycles. The van der Waals surface area contributed by atoms with Crippen molar-refractivity contribution in [3.63, 3.8) is 0 Å². The number of pyridine rings is 1. The summed E-state index contributed by atoms with van der Waals surface area (Å²) in [6.45, 7) is 2.92. The maximum Gasteiger partial charge on any atom is 0.212 e. The lowest BCUT2D eigenvalue weighted by Crippen LogP contribution is -2.20. The standard InChI is InChI=1S/C16H19ClN2O/c1-3-15(13-5-4-6-14(17)9-13)18-10-12-7-8-16(20-2)19-11-12/h4-9,11,15,18H,3,10H2,1-2H3. The van der Waals surface area contributed by atoms with E-state index in [1.54, 1.807) is 7.11 Å². The summed E-state index contributed by atoms with van der Waals surface area (Å²) in [6, 6.07) is 12.2. The summed E-state index contributed by atoms with van der Waals surface area (Å²) in [4.78, 5) is 4.20. The number of nitrogens with zero attached hydrogens (tertiary/aromatic N) is 1. The fourth-order valence-corrected chi connectivity index (χ4v) is 2.30. The monoisotopic (exact) mass is 290 g/mol. The van der Waals surface area contributed by atoms with Crippen LogP contribution in [0.1, 0.15) is 30.5 Å². The van der Waals surface area contributed by atoms with Gasteiger partial charge in [0.1, 0.15) is 0 Å². The average molecular weight is 291 g/mol. The van der Waals surface area contributed by atoms with Crippen molar-refractivity contribution in [2.45, 2.75) is 25.9 Å². The van der Waals surface area contributed by atoms with Crippen molar-refractivity contribution in [2.75, 3.05) is 7.11 Å². The Morgan fingerprint density at radius 1 is 1.30 bits per heavy atom. The van der Waals surface area contributed by atoms with Crippen molar-refractivity contribution in [3.05, 3.63) is 58.7 Å². The number of hydrogen-bond donors (Lipinski definition) is 1. The van der Waals surface area contributed by atoms with Gasteiger partial charge in [-0.1, -0.05) is 36.7 Å². The first-order chi connectivity index (χ1) is 9.72. The predicted molar refractivity (Wildman–Crippen MR) is 82.1 cm³/mol. The Morgan fingerprint density at radius 2 is 2.15 bits per heavy atom. The smallest absolute Gasteiger partial charge is 0.212 e. The largest absolute Gasteiger partial charge is 0.481 e. The third-order valence-electron chi connectivity index (χ3n) is 3.22. The summed E-state index contributed by atoms with van der Waals surface area (Å²) in [5.41, 5.74) is 2.34. The molecule has 2 aromatic rings. The highest BCUT2D eigenvalue weighted by Crippen LogP contribution is 2.20. The molecule has 0 fully saturated rings. The first-order valence-electron chi connectivity index (χ1n) is 6.70. The molecule has 4 heteroatoms. The number of hydrogen-bond acceptors (Lipinski definition) is 3. The first kappa shape index (κ1) is 14.8. The van der Waals surface area contributed by atoms with Gasteiger partial charge >= 0.3 is 0 Å². The lowest BCUT2D eigenvalue weighted by Gasteiger charge is -2.17. The third-order valence-corrected chi connectivity index (χ3v) is 3.45. The SMILES string of the molecule is CCC(NCc1ccc(OC)nc1)c1cccc(Cl)c1. The van der Waals surface area contributed by atoms with Crippen molar-refractivity contribution >= 4 is 11.6 Å². The molecule has 0 aliphatic heterocycles. The van der Waals surface area contributed by atoms with Gasteiger partial charge in [0.25, 0.3) is 0 Å². The van der Waals surface area contributed by atoms with E-state index in [0.717, 1.165) is 23.6 Å². The average Bonchev–Trinajstić information content (AvgIpc) is 2.48. The summed E-state index contributed by atoms with van der Waals surface area (Å²) in [6.07, 6.45) is 2.83. The molecule has 0 aliphatic carbocycles. The van der Waals surface area contributed by atoms with Crippen LogP contribution in [-0.2, 0) is 6.54 Å². The van der Waals surface area contributed by atoms with E-state index in [9.17, 15) is 0 Å². The van der Waals surface area contributed by atoms with Crippen LogP contribution in [0.3, 0.4) is 0 Å². The molecule has 1 aromatic carbocycles. The molecule has 0 aliphatic rings. The molecule has 0 bridgehead atoms. The molecule has 20 heavy (non-hydrogen) atoms. The van der Waals surface area contributed by atoms with E-state index in [1.165, 1.54) is 5.56 Å². The minimum Gasteiger partial charge on any atom is -0.481 e. The predicted octanol–water partition coefficient (Wildman–Crippen LogP) is 3.98. The van der Waals surface area contributed by atoms with Crippen LogP contribution >= 0.6 is 11.6 Å². The van der Waals surface area contributed by atoms with Gasteiger partial charge in [-0.25, -0.2) is 4.98 Å². The topological polar surface area (TPSA) is 34.1 Å². The lowest BCUT2D eigenvalue weighted by atomic mass is 10.0. The quantitative estimate of drug-likeness (QED) is 0.873. The van der Waals surface area contributed by atoms with Gasteiger partial charge in [-0.05, 0) is 29.7 Å². The number of methoxy groups -OCH3 is 1. The Labute approximate surface area is 124 Å². The van der Waals surface area contributed by atoms with Crippen LogP contribution in [0.15, 0.2) is 42.6 Å². The number of rotatable bonds is 6. The number of halogens is 1. The highest BCUT2D eigenvalue weighted by atomic mass is 35.5. The molecule has 0 radical (unpaired) electrons. The van der Waals surface area contributed by atoms with Gasteiger partial charge in [-0.3, -0.25) is 0 Å². The molecule has 0 saturated carbocycles. The van der Waals surface area contributed by atoms with Gasteiger partial charge in [0, 0.05) is 29.9 Å². The molecular formula is C16H19ClN2O. The molecule has 1 N–H and O–H groups in total. The van der Waals surface area contributed by atoms with Crippen LogP contribution in [0.5, 0.6) is 5.88 Å². The molecule has 106 valence electrons. The molecule has 1 atom stereocenters. The zero-order chi connectivity index (χ0) is 14.4. The Balaban J connectivity index is 1.99. The summed E-state index contributed by atoms with van der Waals surface area (Å²) in [7, 11) is 1.62. The van der Waals surface area contributed by atoms with Crippen LogP contribution in [0, 0.1) is 0 Å². The zero-order valence-electron chi connectivity index (χ0n) is 11.8. The highest BCUT2D eigenvalue weighted by molar-refractivity contribution is 6.30. The van der Waals surface area contributed by atoms with E-state index < -0.39 is 0 Å². The van der Waals surface area contributed by atoms with Crippen molar-refractivity contribution in [1.82, 2.24) is 10.3 Å². The van der Waals surface area contributed by atoms with Gasteiger partial charge in [0.2, 0.25) is 5.88 Å². The fourth-order valence-electron chi connectivity index (χ4n) is 2.10. The molecule has 0 spiro atoms. The number of nitrogens with one attached hydrogen (secondary N) is 1. The molecule has 1 heterocycles. The zero-order valence-corrected chi connectivity index (χ0v) is 12.5. The molecule has 3 nitrogen and oxygen atoms in total. The van der Waals surface area contributed by atoms with Crippen LogP contribution in [0.2, 0.25) is 5.02 Å². The number of aromatic nitrogens is 1. The van der Waals surface area contributed by atoms with E-state index >= 15 is 0 Å². The van der Waals surface area contributed by atoms with E-state index in [2.05, 4.69) is 23.3 Å². The normalized spacial score (nSPS) is 12.2. The summed E-state index contributed by atoms with van der Waals surface area (Å²) in [5, 5.41) is 4.30. The number of benzene rings is 1. The number of ether oxygens (including phenoxy) is 1. The Hall–Kier alpha value is -1.58. The maximum atomic E-state index is 6.04. The maximum absolute atomic E-state index is 6.04. The Morgan fingerprint density at radius 3 is 2.75 bits per heavy atom. The first-order valence-corrected chi connectivity index (χ1v) is 7.08. The second kappa shape index (κ2) is 7.27. The van der Waals surface area contributed by atoms with Gasteiger partial charge in [-0.2, -0.15) is 0 Å². The third kappa shape index (κ3) is 3.95. The second-order valence-electron chi connectivity index (χ2n) is 4.61. The summed E-state index contributed by atoms with van der Waals surface area (Å²) >= 11 is 6.04. The Bertz CT molecular complexity index is 542. The Kier molecular flexibility index (Phi) is 5.39. The van der Waals surface area contributed by atoms with Gasteiger partial charge in [0.15, 0.2) is 0 Å². The molecule has 1 aromatic heterocycles. The van der Waals surface area contributed by atoms with Crippen molar-refractivity contribution in [2.24, 2.45) is 0 Å². The molecule has 1 unspecified atom stereocenters. The van der Waals surface area contributed by atoms with E-state index in [4.69, 9.17) is 16.3 Å². The van der Waals surface area contributed by atoms with Crippen molar-refractivity contribution in [3.8, 4) is 5.88 Å². The van der Waals surface area contributed by atoms with Crippen molar-refractivity contribution < 1.29 is 4.74 Å². The highest BCUT2D eigenvalue weighted by Gasteiger charge is 2.09. The summed E-state index contributed by atoms with van der Waals surface area (Å²) < 4.78 is 5.05. The van der Waals surface area contributed by atoms with Crippen LogP contribution < -0.4 is 10.1 Å². The second-order valence-corrected chi connectivity index (χ2v) is 5.04. The minimum atomic E-state index is 0.288. The van der Waals surface area contributed by atoms with Crippen LogP contribution in [0.25, 0.3) is 0 Å². The molecular weight excluding hydrogens is 272 g/mol. The van der Waals surface area contributed by atoms with Gasteiger partial charge in [-0.15, -0.1) is 0 Å². The van der Waals surface area contributed by atoms with E-state index in [0.29, 0.717) is 5.88 Å². The fraction of sp³-hybridized carbons (Fsp3) is 0.312. The summed E-state index contributed by atoms with van der Waals surface area (Å²) in [5.74, 6) is 0.635. The van der Waals surface area contributed by atoms with Crippen LogP contribution in [0.4, 0.5) is 0 Å².